The van der Waals surface area contributed by atoms with E-state index in [-0.39, 0.29) is 17.8 Å². The molecule has 1 heterocycles. The monoisotopic (exact) mass is 356 g/mol. The third-order valence-electron chi connectivity index (χ3n) is 3.94. The molecular formula is C19H24N4O3. The van der Waals surface area contributed by atoms with Gasteiger partial charge in [-0.25, -0.2) is 4.79 Å². The lowest BCUT2D eigenvalue weighted by molar-refractivity contribution is -0.120. The van der Waals surface area contributed by atoms with Gasteiger partial charge in [0.2, 0.25) is 5.91 Å². The molecule has 7 nitrogen and oxygen atoms in total. The first-order chi connectivity index (χ1) is 12.6. The van der Waals surface area contributed by atoms with Crippen LogP contribution in [-0.2, 0) is 9.53 Å². The average molecular weight is 356 g/mol. The molecule has 1 amide bonds. The minimum Gasteiger partial charge on any atom is -0.462 e. The number of esters is 1. The summed E-state index contributed by atoms with van der Waals surface area (Å²) < 4.78 is 4.95. The van der Waals surface area contributed by atoms with Crippen molar-refractivity contribution in [2.45, 2.75) is 33.6 Å². The van der Waals surface area contributed by atoms with Crippen molar-refractivity contribution in [1.29, 1.82) is 0 Å². The molecule has 1 aromatic carbocycles. The molecule has 2 aromatic rings. The molecule has 0 unspecified atom stereocenters. The first-order valence-corrected chi connectivity index (χ1v) is 8.76. The second-order valence-electron chi connectivity index (χ2n) is 5.73. The maximum Gasteiger partial charge on any atom is 0.338 e. The maximum atomic E-state index is 12.1. The Bertz CT molecular complexity index is 725. The van der Waals surface area contributed by atoms with Crippen LogP contribution in [0.2, 0.25) is 0 Å². The smallest absolute Gasteiger partial charge is 0.338 e. The Hall–Kier alpha value is -2.96. The van der Waals surface area contributed by atoms with E-state index in [2.05, 4.69) is 20.8 Å². The predicted molar refractivity (Wildman–Crippen MR) is 100 cm³/mol. The van der Waals surface area contributed by atoms with Gasteiger partial charge in [0.15, 0.2) is 11.6 Å². The quantitative estimate of drug-likeness (QED) is 0.699. The minimum atomic E-state index is -0.351. The van der Waals surface area contributed by atoms with Gasteiger partial charge in [-0.05, 0) is 56.2 Å². The third-order valence-corrected chi connectivity index (χ3v) is 3.94. The summed E-state index contributed by atoms with van der Waals surface area (Å²) in [6.45, 7) is 6.08. The van der Waals surface area contributed by atoms with E-state index in [4.69, 9.17) is 4.74 Å². The summed E-state index contributed by atoms with van der Waals surface area (Å²) in [7, 11) is 0. The number of hydrogen-bond acceptors (Lipinski definition) is 6. The molecule has 0 aliphatic rings. The first kappa shape index (κ1) is 19.4. The van der Waals surface area contributed by atoms with Gasteiger partial charge in [0.1, 0.15) is 0 Å². The van der Waals surface area contributed by atoms with E-state index in [1.807, 2.05) is 13.8 Å². The highest BCUT2D eigenvalue weighted by molar-refractivity contribution is 5.91. The SMILES string of the molecule is CCOC(=O)c1ccc(Nc2ccc(NC(=O)C(CC)CC)nn2)cc1. The van der Waals surface area contributed by atoms with Crippen LogP contribution >= 0.6 is 0 Å². The highest BCUT2D eigenvalue weighted by Gasteiger charge is 2.14. The van der Waals surface area contributed by atoms with Crippen molar-refractivity contribution < 1.29 is 14.3 Å². The van der Waals surface area contributed by atoms with Crippen LogP contribution in [-0.4, -0.2) is 28.7 Å². The molecule has 0 spiro atoms. The zero-order valence-corrected chi connectivity index (χ0v) is 15.3. The van der Waals surface area contributed by atoms with Crippen LogP contribution in [0.5, 0.6) is 0 Å². The molecule has 0 bridgehead atoms. The Morgan fingerprint density at radius 2 is 1.58 bits per heavy atom. The number of anilines is 3. The van der Waals surface area contributed by atoms with Crippen molar-refractivity contribution in [2.75, 3.05) is 17.2 Å². The molecule has 2 N–H and O–H groups in total. The fourth-order valence-electron chi connectivity index (χ4n) is 2.41. The van der Waals surface area contributed by atoms with Crippen LogP contribution in [0, 0.1) is 5.92 Å². The van der Waals surface area contributed by atoms with Gasteiger partial charge in [-0.3, -0.25) is 4.79 Å². The predicted octanol–water partition coefficient (Wildman–Crippen LogP) is 3.77. The van der Waals surface area contributed by atoms with Crippen molar-refractivity contribution >= 4 is 29.2 Å². The Morgan fingerprint density at radius 1 is 0.962 bits per heavy atom. The molecule has 138 valence electrons. The number of benzene rings is 1. The third kappa shape index (κ3) is 5.27. The van der Waals surface area contributed by atoms with E-state index in [1.165, 1.54) is 0 Å². The van der Waals surface area contributed by atoms with Crippen LogP contribution in [0.25, 0.3) is 0 Å². The number of rotatable bonds is 8. The summed E-state index contributed by atoms with van der Waals surface area (Å²) in [5, 5.41) is 13.9. The number of hydrogen-bond donors (Lipinski definition) is 2. The van der Waals surface area contributed by atoms with Crippen LogP contribution in [0.15, 0.2) is 36.4 Å². The summed E-state index contributed by atoms with van der Waals surface area (Å²) in [4.78, 5) is 23.7. The Balaban J connectivity index is 1.96. The zero-order chi connectivity index (χ0) is 18.9. The maximum absolute atomic E-state index is 12.1. The van der Waals surface area contributed by atoms with E-state index >= 15 is 0 Å². The van der Waals surface area contributed by atoms with Gasteiger partial charge in [0.05, 0.1) is 12.2 Å². The number of aromatic nitrogens is 2. The fraction of sp³-hybridized carbons (Fsp3) is 0.368. The summed E-state index contributed by atoms with van der Waals surface area (Å²) in [5.41, 5.74) is 1.25. The van der Waals surface area contributed by atoms with Crippen molar-refractivity contribution in [2.24, 2.45) is 5.92 Å². The standard InChI is InChI=1S/C19H24N4O3/c1-4-13(5-2)18(24)21-17-12-11-16(22-23-17)20-15-9-7-14(8-10-15)19(25)26-6-3/h7-13H,4-6H2,1-3H3,(H,20,22)(H,21,23,24). The van der Waals surface area contributed by atoms with Crippen LogP contribution < -0.4 is 10.6 Å². The Morgan fingerprint density at radius 3 is 2.12 bits per heavy atom. The fourth-order valence-corrected chi connectivity index (χ4v) is 2.41. The molecule has 0 fully saturated rings. The van der Waals surface area contributed by atoms with E-state index in [0.29, 0.717) is 23.8 Å². The summed E-state index contributed by atoms with van der Waals surface area (Å²) in [5.74, 6) is 0.544. The van der Waals surface area contributed by atoms with Gasteiger partial charge in [-0.15, -0.1) is 10.2 Å². The first-order valence-electron chi connectivity index (χ1n) is 8.76. The second-order valence-corrected chi connectivity index (χ2v) is 5.73. The van der Waals surface area contributed by atoms with Crippen molar-refractivity contribution in [3.8, 4) is 0 Å². The molecule has 0 aliphatic heterocycles. The van der Waals surface area contributed by atoms with Gasteiger partial charge < -0.3 is 15.4 Å². The van der Waals surface area contributed by atoms with Gasteiger partial charge >= 0.3 is 5.97 Å². The molecular weight excluding hydrogens is 332 g/mol. The number of ether oxygens (including phenoxy) is 1. The van der Waals surface area contributed by atoms with Gasteiger partial charge in [-0.2, -0.15) is 0 Å². The Kier molecular flexibility index (Phi) is 7.08. The highest BCUT2D eigenvalue weighted by atomic mass is 16.5. The molecule has 26 heavy (non-hydrogen) atoms. The van der Waals surface area contributed by atoms with Crippen molar-refractivity contribution in [1.82, 2.24) is 10.2 Å². The molecule has 0 saturated carbocycles. The average Bonchev–Trinajstić information content (AvgIpc) is 2.65. The van der Waals surface area contributed by atoms with Crippen LogP contribution in [0.4, 0.5) is 17.3 Å². The normalized spacial score (nSPS) is 10.5. The Labute approximate surface area is 153 Å². The molecule has 2 rings (SSSR count). The van der Waals surface area contributed by atoms with E-state index < -0.39 is 0 Å². The molecule has 7 heteroatoms. The van der Waals surface area contributed by atoms with E-state index in [1.54, 1.807) is 43.3 Å². The summed E-state index contributed by atoms with van der Waals surface area (Å²) >= 11 is 0. The van der Waals surface area contributed by atoms with Crippen LogP contribution in [0.1, 0.15) is 44.0 Å². The molecule has 0 atom stereocenters. The topological polar surface area (TPSA) is 93.2 Å². The summed E-state index contributed by atoms with van der Waals surface area (Å²) in [6, 6.07) is 10.3. The highest BCUT2D eigenvalue weighted by Crippen LogP contribution is 2.17. The number of nitrogens with zero attached hydrogens (tertiary/aromatic N) is 2. The van der Waals surface area contributed by atoms with Crippen LogP contribution in [0.3, 0.4) is 0 Å². The lowest BCUT2D eigenvalue weighted by atomic mass is 10.0. The zero-order valence-electron chi connectivity index (χ0n) is 15.3. The number of carbonyl (C=O) groups is 2. The van der Waals surface area contributed by atoms with Crippen molar-refractivity contribution in [3.63, 3.8) is 0 Å². The molecule has 1 aromatic heterocycles. The number of nitrogens with one attached hydrogen (secondary N) is 2. The second kappa shape index (κ2) is 9.50. The molecule has 0 radical (unpaired) electrons. The van der Waals surface area contributed by atoms with Gasteiger partial charge in [-0.1, -0.05) is 13.8 Å². The largest absolute Gasteiger partial charge is 0.462 e. The molecule has 0 saturated heterocycles. The number of carbonyl (C=O) groups excluding carboxylic acids is 2. The van der Waals surface area contributed by atoms with Gasteiger partial charge in [0.25, 0.3) is 0 Å². The lowest BCUT2D eigenvalue weighted by Gasteiger charge is -2.12. The van der Waals surface area contributed by atoms with Gasteiger partial charge in [0, 0.05) is 11.6 Å². The lowest BCUT2D eigenvalue weighted by Crippen LogP contribution is -2.22. The summed E-state index contributed by atoms with van der Waals surface area (Å²) in [6.07, 6.45) is 1.58. The van der Waals surface area contributed by atoms with E-state index in [9.17, 15) is 9.59 Å². The number of amides is 1. The van der Waals surface area contributed by atoms with Crippen molar-refractivity contribution in [3.05, 3.63) is 42.0 Å². The molecule has 0 aliphatic carbocycles. The van der Waals surface area contributed by atoms with E-state index in [0.717, 1.165) is 18.5 Å². The minimum absolute atomic E-state index is 0.0208.